The molecule has 1 saturated carbocycles. The predicted molar refractivity (Wildman–Crippen MR) is 68.2 cm³/mol. The molecule has 2 unspecified atom stereocenters. The Morgan fingerprint density at radius 3 is 1.25 bits per heavy atom. The minimum Gasteiger partial charge on any atom is -0.392 e. The zero-order valence-corrected chi connectivity index (χ0v) is 11.3. The van der Waals surface area contributed by atoms with Crippen LogP contribution < -0.4 is 0 Å². The van der Waals surface area contributed by atoms with Gasteiger partial charge in [0.2, 0.25) is 0 Å². The number of hydrogen-bond donors (Lipinski definition) is 4. The Morgan fingerprint density at radius 1 is 0.688 bits per heavy atom. The number of aliphatic hydroxyl groups excluding tert-OH is 4. The highest BCUT2D eigenvalue weighted by molar-refractivity contribution is 7.62. The quantitative estimate of drug-likeness (QED) is 0.543. The molecule has 0 aromatic carbocycles. The van der Waals surface area contributed by atoms with Gasteiger partial charge in [0, 0.05) is 0 Å². The molecule has 1 fully saturated rings. The minimum absolute atomic E-state index is 0.0625. The van der Waals surface area contributed by atoms with Gasteiger partial charge in [0.05, 0.1) is 25.4 Å². The molecule has 0 radical (unpaired) electrons. The maximum atomic E-state index is 9.27. The molecule has 1 aliphatic rings. The van der Waals surface area contributed by atoms with Crippen molar-refractivity contribution in [3.63, 3.8) is 0 Å². The van der Waals surface area contributed by atoms with Crippen LogP contribution in [-0.4, -0.2) is 57.1 Å². The summed E-state index contributed by atoms with van der Waals surface area (Å²) in [5, 5.41) is 37.1. The predicted octanol–water partition coefficient (Wildman–Crippen LogP) is 1.06. The highest BCUT2D eigenvalue weighted by atomic mass is 31.1. The van der Waals surface area contributed by atoms with E-state index in [1.807, 2.05) is 0 Å². The highest BCUT2D eigenvalue weighted by Gasteiger charge is 2.35. The molecule has 0 amide bonds. The smallest absolute Gasteiger partial charge is 0.0649 e. The summed E-state index contributed by atoms with van der Waals surface area (Å²) in [4.78, 5) is 0. The topological polar surface area (TPSA) is 80.9 Å². The van der Waals surface area contributed by atoms with E-state index >= 15 is 0 Å². The maximum Gasteiger partial charge on any atom is 0.0649 e. The van der Waals surface area contributed by atoms with Gasteiger partial charge in [0.25, 0.3) is 0 Å². The second kappa shape index (κ2) is 7.92. The SMILES string of the molecule is OCP(CO)C1CCCCC1P(CO)CO. The average molecular weight is 268 g/mol. The molecule has 96 valence electrons. The molecule has 2 atom stereocenters. The van der Waals surface area contributed by atoms with E-state index in [0.29, 0.717) is 11.3 Å². The summed E-state index contributed by atoms with van der Waals surface area (Å²) in [6, 6.07) is 0. The molecule has 1 rings (SSSR count). The lowest BCUT2D eigenvalue weighted by molar-refractivity contribution is 0.330. The third kappa shape index (κ3) is 3.60. The molecular formula is C10H22O4P2. The van der Waals surface area contributed by atoms with Gasteiger partial charge in [-0.1, -0.05) is 12.8 Å². The van der Waals surface area contributed by atoms with E-state index in [0.717, 1.165) is 25.7 Å². The molecular weight excluding hydrogens is 246 g/mol. The van der Waals surface area contributed by atoms with E-state index in [2.05, 4.69) is 0 Å². The van der Waals surface area contributed by atoms with Crippen LogP contribution in [0.2, 0.25) is 0 Å². The second-order valence-corrected chi connectivity index (χ2v) is 8.98. The largest absolute Gasteiger partial charge is 0.392 e. The fourth-order valence-corrected chi connectivity index (χ4v) is 6.97. The van der Waals surface area contributed by atoms with Gasteiger partial charge in [-0.25, -0.2) is 0 Å². The Hall–Kier alpha value is 0.700. The van der Waals surface area contributed by atoms with Gasteiger partial charge in [-0.2, -0.15) is 0 Å². The van der Waals surface area contributed by atoms with Gasteiger partial charge in [-0.15, -0.1) is 0 Å². The minimum atomic E-state index is -0.752. The van der Waals surface area contributed by atoms with Crippen LogP contribution in [-0.2, 0) is 0 Å². The fraction of sp³-hybridized carbons (Fsp3) is 1.00. The summed E-state index contributed by atoms with van der Waals surface area (Å²) < 4.78 is 0. The summed E-state index contributed by atoms with van der Waals surface area (Å²) in [6.07, 6.45) is 4.58. The zero-order chi connectivity index (χ0) is 12.0. The fourth-order valence-electron chi connectivity index (χ4n) is 2.45. The Labute approximate surface area is 99.2 Å². The third-order valence-corrected chi connectivity index (χ3v) is 8.16. The first-order valence-electron chi connectivity index (χ1n) is 5.70. The van der Waals surface area contributed by atoms with Crippen LogP contribution in [0.15, 0.2) is 0 Å². The van der Waals surface area contributed by atoms with Crippen molar-refractivity contribution in [3.8, 4) is 0 Å². The standard InChI is InChI=1S/C10H22O4P2/c11-5-15(6-12)9-3-1-2-4-10(9)16(7-13)8-14/h9-14H,1-8H2. The zero-order valence-electron chi connectivity index (χ0n) is 9.49. The summed E-state index contributed by atoms with van der Waals surface area (Å²) in [5.41, 5.74) is 0.647. The summed E-state index contributed by atoms with van der Waals surface area (Å²) in [7, 11) is -1.50. The first kappa shape index (κ1) is 14.8. The van der Waals surface area contributed by atoms with Crippen LogP contribution in [0, 0.1) is 0 Å². The molecule has 4 nitrogen and oxygen atoms in total. The Bertz CT molecular complexity index is 166. The van der Waals surface area contributed by atoms with E-state index in [-0.39, 0.29) is 25.4 Å². The van der Waals surface area contributed by atoms with Crippen molar-refractivity contribution in [3.05, 3.63) is 0 Å². The first-order chi connectivity index (χ1) is 7.78. The van der Waals surface area contributed by atoms with Crippen molar-refractivity contribution in [2.75, 3.05) is 25.4 Å². The van der Waals surface area contributed by atoms with Gasteiger partial charge in [0.1, 0.15) is 0 Å². The number of rotatable bonds is 6. The molecule has 0 spiro atoms. The molecule has 6 heteroatoms. The molecule has 4 N–H and O–H groups in total. The lowest BCUT2D eigenvalue weighted by Crippen LogP contribution is -2.30. The van der Waals surface area contributed by atoms with Gasteiger partial charge in [0.15, 0.2) is 0 Å². The molecule has 1 aliphatic carbocycles. The summed E-state index contributed by atoms with van der Waals surface area (Å²) >= 11 is 0. The number of aliphatic hydroxyl groups is 4. The maximum absolute atomic E-state index is 9.27. The number of hydrogen-bond acceptors (Lipinski definition) is 4. The monoisotopic (exact) mass is 268 g/mol. The van der Waals surface area contributed by atoms with E-state index in [9.17, 15) is 20.4 Å². The molecule has 0 aliphatic heterocycles. The molecule has 0 saturated heterocycles. The van der Waals surface area contributed by atoms with E-state index in [4.69, 9.17) is 0 Å². The molecule has 0 aromatic rings. The van der Waals surface area contributed by atoms with Crippen molar-refractivity contribution in [2.45, 2.75) is 37.0 Å². The lowest BCUT2D eigenvalue weighted by Gasteiger charge is -2.39. The van der Waals surface area contributed by atoms with Gasteiger partial charge in [-0.05, 0) is 40.0 Å². The highest BCUT2D eigenvalue weighted by Crippen LogP contribution is 2.56. The second-order valence-electron chi connectivity index (χ2n) is 4.16. The van der Waals surface area contributed by atoms with Gasteiger partial charge >= 0.3 is 0 Å². The molecule has 0 bridgehead atoms. The average Bonchev–Trinajstić information content (AvgIpc) is 2.34. The summed E-state index contributed by atoms with van der Waals surface area (Å²) in [5.74, 6) is 0. The molecule has 0 aromatic heterocycles. The van der Waals surface area contributed by atoms with Crippen LogP contribution >= 0.6 is 15.8 Å². The Morgan fingerprint density at radius 2 is 1.00 bits per heavy atom. The normalized spacial score (nSPS) is 26.6. The molecule has 0 heterocycles. The van der Waals surface area contributed by atoms with Gasteiger partial charge in [-0.3, -0.25) is 0 Å². The lowest BCUT2D eigenvalue weighted by atomic mass is 9.99. The van der Waals surface area contributed by atoms with Crippen LogP contribution in [0.1, 0.15) is 25.7 Å². The van der Waals surface area contributed by atoms with E-state index in [1.165, 1.54) is 0 Å². The Balaban J connectivity index is 2.68. The molecule has 16 heavy (non-hydrogen) atoms. The summed E-state index contributed by atoms with van der Waals surface area (Å²) in [6.45, 7) is 0. The Kier molecular flexibility index (Phi) is 7.30. The van der Waals surface area contributed by atoms with E-state index < -0.39 is 15.8 Å². The third-order valence-electron chi connectivity index (χ3n) is 3.36. The van der Waals surface area contributed by atoms with Crippen LogP contribution in [0.4, 0.5) is 0 Å². The van der Waals surface area contributed by atoms with Crippen molar-refractivity contribution >= 4 is 15.8 Å². The van der Waals surface area contributed by atoms with Crippen molar-refractivity contribution in [2.24, 2.45) is 0 Å². The first-order valence-corrected chi connectivity index (χ1v) is 9.26. The van der Waals surface area contributed by atoms with E-state index in [1.54, 1.807) is 0 Å². The van der Waals surface area contributed by atoms with Crippen LogP contribution in [0.25, 0.3) is 0 Å². The van der Waals surface area contributed by atoms with Crippen molar-refractivity contribution in [1.82, 2.24) is 0 Å². The van der Waals surface area contributed by atoms with Gasteiger partial charge < -0.3 is 20.4 Å². The van der Waals surface area contributed by atoms with Crippen molar-refractivity contribution < 1.29 is 20.4 Å². The van der Waals surface area contributed by atoms with Crippen LogP contribution in [0.3, 0.4) is 0 Å². The van der Waals surface area contributed by atoms with Crippen LogP contribution in [0.5, 0.6) is 0 Å². The van der Waals surface area contributed by atoms with Crippen molar-refractivity contribution in [1.29, 1.82) is 0 Å².